The second-order valence-electron chi connectivity index (χ2n) is 5.99. The van der Waals surface area contributed by atoms with Gasteiger partial charge in [0.15, 0.2) is 0 Å². The second kappa shape index (κ2) is 9.45. The Labute approximate surface area is 162 Å². The molecule has 144 valence electrons. The molecule has 0 saturated heterocycles. The van der Waals surface area contributed by atoms with Gasteiger partial charge in [-0.2, -0.15) is 0 Å². The van der Waals surface area contributed by atoms with E-state index < -0.39 is 6.09 Å². The lowest BCUT2D eigenvalue weighted by atomic mass is 10.1. The van der Waals surface area contributed by atoms with Crippen LogP contribution in [0.3, 0.4) is 0 Å². The molecule has 0 saturated carbocycles. The number of ether oxygens (including phenoxy) is 2. The van der Waals surface area contributed by atoms with E-state index in [9.17, 15) is 9.18 Å². The van der Waals surface area contributed by atoms with E-state index in [0.29, 0.717) is 29.4 Å². The molecule has 1 N–H and O–H groups in total. The number of nitrogens with one attached hydrogen (secondary N) is 1. The Kier molecular flexibility index (Phi) is 6.51. The molecule has 1 aromatic heterocycles. The Hall–Kier alpha value is -3.48. The fraction of sp³-hybridized carbons (Fsp3) is 0.190. The molecular formula is C21H20FN3O3. The first-order valence-electron chi connectivity index (χ1n) is 8.90. The van der Waals surface area contributed by atoms with Crippen molar-refractivity contribution in [2.45, 2.75) is 20.0 Å². The molecule has 0 bridgehead atoms. The molecule has 0 aliphatic rings. The van der Waals surface area contributed by atoms with Crippen LogP contribution in [0.15, 0.2) is 60.7 Å². The van der Waals surface area contributed by atoms with Crippen LogP contribution < -0.4 is 10.1 Å². The topological polar surface area (TPSA) is 73.3 Å². The van der Waals surface area contributed by atoms with E-state index in [1.54, 1.807) is 18.2 Å². The largest absolute Gasteiger partial charge is 0.477 e. The highest BCUT2D eigenvalue weighted by molar-refractivity contribution is 5.90. The van der Waals surface area contributed by atoms with E-state index in [0.717, 1.165) is 12.0 Å². The van der Waals surface area contributed by atoms with Crippen molar-refractivity contribution < 1.29 is 18.7 Å². The first kappa shape index (κ1) is 19.3. The zero-order valence-electron chi connectivity index (χ0n) is 15.4. The number of anilines is 1. The van der Waals surface area contributed by atoms with Gasteiger partial charge in [-0.3, -0.25) is 5.32 Å². The van der Waals surface area contributed by atoms with Crippen molar-refractivity contribution in [1.82, 2.24) is 10.2 Å². The summed E-state index contributed by atoms with van der Waals surface area (Å²) in [4.78, 5) is 12.3. The smallest absolute Gasteiger partial charge is 0.412 e. The summed E-state index contributed by atoms with van der Waals surface area (Å²) in [5.74, 6) is -0.0291. The van der Waals surface area contributed by atoms with Crippen LogP contribution in [0.5, 0.6) is 5.88 Å². The van der Waals surface area contributed by atoms with Crippen LogP contribution in [-0.2, 0) is 11.3 Å². The van der Waals surface area contributed by atoms with Crippen molar-refractivity contribution in [3.8, 4) is 17.1 Å². The molecule has 0 fully saturated rings. The average Bonchev–Trinajstić information content (AvgIpc) is 2.72. The standard InChI is InChI=1S/C21H20FN3O3/c1-2-12-27-19-13-18(20(25-24-19)16-6-4-3-5-7-16)23-21(26)28-14-15-8-10-17(22)11-9-15/h3-11,13H,2,12,14H2,1H3,(H,23,24,26). The van der Waals surface area contributed by atoms with Crippen LogP contribution in [0.2, 0.25) is 0 Å². The second-order valence-corrected chi connectivity index (χ2v) is 5.99. The van der Waals surface area contributed by atoms with Gasteiger partial charge in [-0.05, 0) is 24.1 Å². The van der Waals surface area contributed by atoms with Gasteiger partial charge in [0, 0.05) is 11.6 Å². The van der Waals surface area contributed by atoms with Crippen molar-refractivity contribution in [1.29, 1.82) is 0 Å². The molecule has 3 aromatic rings. The monoisotopic (exact) mass is 381 g/mol. The third-order valence-corrected chi connectivity index (χ3v) is 3.79. The molecule has 0 aliphatic carbocycles. The van der Waals surface area contributed by atoms with Gasteiger partial charge in [0.05, 0.1) is 12.3 Å². The Balaban J connectivity index is 1.75. The molecule has 0 atom stereocenters. The molecular weight excluding hydrogens is 361 g/mol. The molecule has 0 unspecified atom stereocenters. The average molecular weight is 381 g/mol. The van der Waals surface area contributed by atoms with Crippen LogP contribution in [0, 0.1) is 5.82 Å². The van der Waals surface area contributed by atoms with E-state index in [2.05, 4.69) is 15.5 Å². The van der Waals surface area contributed by atoms with E-state index in [1.807, 2.05) is 37.3 Å². The Bertz CT molecular complexity index is 918. The maximum atomic E-state index is 13.0. The molecule has 6 nitrogen and oxygen atoms in total. The quantitative estimate of drug-likeness (QED) is 0.635. The number of carbonyl (C=O) groups excluding carboxylic acids is 1. The highest BCUT2D eigenvalue weighted by Gasteiger charge is 2.14. The summed E-state index contributed by atoms with van der Waals surface area (Å²) in [5.41, 5.74) is 2.41. The minimum atomic E-state index is -0.657. The zero-order valence-corrected chi connectivity index (χ0v) is 15.4. The molecule has 7 heteroatoms. The third-order valence-electron chi connectivity index (χ3n) is 3.79. The highest BCUT2D eigenvalue weighted by atomic mass is 19.1. The summed E-state index contributed by atoms with van der Waals surface area (Å²) in [7, 11) is 0. The number of rotatable bonds is 7. The lowest BCUT2D eigenvalue weighted by Crippen LogP contribution is -2.15. The normalized spacial score (nSPS) is 10.4. The number of hydrogen-bond acceptors (Lipinski definition) is 5. The number of halogens is 1. The number of amides is 1. The highest BCUT2D eigenvalue weighted by Crippen LogP contribution is 2.27. The number of nitrogens with zero attached hydrogens (tertiary/aromatic N) is 2. The van der Waals surface area contributed by atoms with Crippen LogP contribution >= 0.6 is 0 Å². The van der Waals surface area contributed by atoms with Crippen molar-refractivity contribution in [2.24, 2.45) is 0 Å². The Morgan fingerprint density at radius 2 is 1.82 bits per heavy atom. The van der Waals surface area contributed by atoms with Gasteiger partial charge < -0.3 is 9.47 Å². The summed E-state index contributed by atoms with van der Waals surface area (Å²) in [6.07, 6.45) is 0.167. The van der Waals surface area contributed by atoms with Gasteiger partial charge in [-0.25, -0.2) is 9.18 Å². The van der Waals surface area contributed by atoms with Gasteiger partial charge in [0.25, 0.3) is 0 Å². The molecule has 2 aromatic carbocycles. The van der Waals surface area contributed by atoms with Gasteiger partial charge in [0.2, 0.25) is 5.88 Å². The molecule has 1 heterocycles. The van der Waals surface area contributed by atoms with Crippen molar-refractivity contribution in [3.05, 3.63) is 72.0 Å². The number of hydrogen-bond donors (Lipinski definition) is 1. The molecule has 0 spiro atoms. The maximum absolute atomic E-state index is 13.0. The van der Waals surface area contributed by atoms with Gasteiger partial charge in [-0.15, -0.1) is 10.2 Å². The predicted molar refractivity (Wildman–Crippen MR) is 103 cm³/mol. The first-order valence-corrected chi connectivity index (χ1v) is 8.90. The molecule has 0 radical (unpaired) electrons. The minimum Gasteiger partial charge on any atom is -0.477 e. The van der Waals surface area contributed by atoms with Crippen molar-refractivity contribution in [3.63, 3.8) is 0 Å². The fourth-order valence-electron chi connectivity index (χ4n) is 2.43. The Morgan fingerprint density at radius 3 is 2.54 bits per heavy atom. The van der Waals surface area contributed by atoms with Gasteiger partial charge >= 0.3 is 6.09 Å². The maximum Gasteiger partial charge on any atom is 0.412 e. The van der Waals surface area contributed by atoms with E-state index in [-0.39, 0.29) is 12.4 Å². The molecule has 28 heavy (non-hydrogen) atoms. The molecule has 3 rings (SSSR count). The number of aromatic nitrogens is 2. The Morgan fingerprint density at radius 1 is 1.07 bits per heavy atom. The van der Waals surface area contributed by atoms with Gasteiger partial charge in [-0.1, -0.05) is 49.4 Å². The van der Waals surface area contributed by atoms with Gasteiger partial charge in [0.1, 0.15) is 18.1 Å². The third kappa shape index (κ3) is 5.26. The predicted octanol–water partition coefficient (Wildman–Crippen LogP) is 4.82. The summed E-state index contributed by atoms with van der Waals surface area (Å²) >= 11 is 0. The lowest BCUT2D eigenvalue weighted by molar-refractivity contribution is 0.155. The summed E-state index contributed by atoms with van der Waals surface area (Å²) in [6, 6.07) is 16.7. The first-order chi connectivity index (χ1) is 13.7. The molecule has 1 amide bonds. The lowest BCUT2D eigenvalue weighted by Gasteiger charge is -2.12. The van der Waals surface area contributed by atoms with Crippen LogP contribution in [0.4, 0.5) is 14.9 Å². The van der Waals surface area contributed by atoms with Crippen LogP contribution in [0.25, 0.3) is 11.3 Å². The molecule has 0 aliphatic heterocycles. The summed E-state index contributed by atoms with van der Waals surface area (Å²) in [5, 5.41) is 10.9. The summed E-state index contributed by atoms with van der Waals surface area (Å²) in [6.45, 7) is 2.50. The minimum absolute atomic E-state index is 0.0183. The summed E-state index contributed by atoms with van der Waals surface area (Å²) < 4.78 is 23.7. The number of benzene rings is 2. The van der Waals surface area contributed by atoms with Crippen LogP contribution in [-0.4, -0.2) is 22.9 Å². The fourth-order valence-corrected chi connectivity index (χ4v) is 2.43. The van der Waals surface area contributed by atoms with E-state index >= 15 is 0 Å². The van der Waals surface area contributed by atoms with E-state index in [4.69, 9.17) is 9.47 Å². The van der Waals surface area contributed by atoms with E-state index in [1.165, 1.54) is 12.1 Å². The van der Waals surface area contributed by atoms with Crippen LogP contribution in [0.1, 0.15) is 18.9 Å². The van der Waals surface area contributed by atoms with Crippen molar-refractivity contribution >= 4 is 11.8 Å². The number of carbonyl (C=O) groups is 1. The zero-order chi connectivity index (χ0) is 19.8. The van der Waals surface area contributed by atoms with Crippen molar-refractivity contribution in [2.75, 3.05) is 11.9 Å². The SMILES string of the molecule is CCCOc1cc(NC(=O)OCc2ccc(F)cc2)c(-c2ccccc2)nn1.